The van der Waals surface area contributed by atoms with E-state index in [9.17, 15) is 13.2 Å². The largest absolute Gasteiger partial charge is 0.335 e. The molecule has 1 atom stereocenters. The Kier molecular flexibility index (Phi) is 6.67. The van der Waals surface area contributed by atoms with E-state index in [1.807, 2.05) is 27.7 Å². The Hall–Kier alpha value is -1.76. The first-order chi connectivity index (χ1) is 10.2. The van der Waals surface area contributed by atoms with Crippen LogP contribution < -0.4 is 15.4 Å². The standard InChI is InChI=1S/C15H25N3O3S/c1-5-10-22(20,21)18-14-8-6-13(7-9-14)17-15(19)16-12(4)11(2)3/h6-9,11-12,18H,5,10H2,1-4H3,(H2,16,17,19). The minimum atomic E-state index is -3.30. The quantitative estimate of drug-likeness (QED) is 0.719. The highest BCUT2D eigenvalue weighted by molar-refractivity contribution is 7.92. The first-order valence-corrected chi connectivity index (χ1v) is 9.07. The molecular formula is C15H25N3O3S. The molecule has 0 fully saturated rings. The number of amides is 2. The molecule has 3 N–H and O–H groups in total. The van der Waals surface area contributed by atoms with Crippen molar-refractivity contribution in [3.05, 3.63) is 24.3 Å². The normalized spacial score (nSPS) is 12.8. The molecule has 1 aromatic rings. The lowest BCUT2D eigenvalue weighted by molar-refractivity contribution is 0.246. The fourth-order valence-corrected chi connectivity index (χ4v) is 2.80. The molecule has 0 heterocycles. The number of hydrogen-bond acceptors (Lipinski definition) is 3. The third kappa shape index (κ3) is 6.34. The number of benzene rings is 1. The van der Waals surface area contributed by atoms with Gasteiger partial charge in [0.25, 0.3) is 0 Å². The van der Waals surface area contributed by atoms with Crippen LogP contribution in [0.2, 0.25) is 0 Å². The number of hydrogen-bond donors (Lipinski definition) is 3. The molecular weight excluding hydrogens is 302 g/mol. The van der Waals surface area contributed by atoms with Gasteiger partial charge in [-0.3, -0.25) is 4.72 Å². The second kappa shape index (κ2) is 8.03. The summed E-state index contributed by atoms with van der Waals surface area (Å²) in [5.41, 5.74) is 1.09. The molecule has 1 aromatic carbocycles. The number of nitrogens with one attached hydrogen (secondary N) is 3. The Labute approximate surface area is 132 Å². The summed E-state index contributed by atoms with van der Waals surface area (Å²) < 4.78 is 25.8. The summed E-state index contributed by atoms with van der Waals surface area (Å²) >= 11 is 0. The summed E-state index contributed by atoms with van der Waals surface area (Å²) in [6.45, 7) is 7.81. The van der Waals surface area contributed by atoms with Gasteiger partial charge in [0.1, 0.15) is 0 Å². The van der Waals surface area contributed by atoms with Crippen LogP contribution in [0.15, 0.2) is 24.3 Å². The van der Waals surface area contributed by atoms with Crippen LogP contribution in [0, 0.1) is 5.92 Å². The van der Waals surface area contributed by atoms with Gasteiger partial charge in [0.2, 0.25) is 10.0 Å². The van der Waals surface area contributed by atoms with Gasteiger partial charge in [-0.25, -0.2) is 13.2 Å². The molecule has 0 aliphatic rings. The summed E-state index contributed by atoms with van der Waals surface area (Å²) in [7, 11) is -3.30. The predicted molar refractivity (Wildman–Crippen MR) is 90.6 cm³/mol. The molecule has 0 radical (unpaired) electrons. The van der Waals surface area contributed by atoms with Crippen molar-refractivity contribution in [1.29, 1.82) is 0 Å². The highest BCUT2D eigenvalue weighted by Crippen LogP contribution is 2.15. The van der Waals surface area contributed by atoms with E-state index in [0.717, 1.165) is 0 Å². The lowest BCUT2D eigenvalue weighted by Gasteiger charge is -2.18. The Balaban J connectivity index is 2.60. The predicted octanol–water partition coefficient (Wildman–Crippen LogP) is 3.00. The van der Waals surface area contributed by atoms with Gasteiger partial charge in [0.15, 0.2) is 0 Å². The Morgan fingerprint density at radius 2 is 1.64 bits per heavy atom. The van der Waals surface area contributed by atoms with Crippen molar-refractivity contribution in [2.75, 3.05) is 15.8 Å². The van der Waals surface area contributed by atoms with Crippen molar-refractivity contribution in [1.82, 2.24) is 5.32 Å². The van der Waals surface area contributed by atoms with Crippen LogP contribution in [0.3, 0.4) is 0 Å². The van der Waals surface area contributed by atoms with Crippen molar-refractivity contribution in [3.63, 3.8) is 0 Å². The Morgan fingerprint density at radius 3 is 2.14 bits per heavy atom. The fraction of sp³-hybridized carbons (Fsp3) is 0.533. The van der Waals surface area contributed by atoms with E-state index < -0.39 is 10.0 Å². The molecule has 2 amide bonds. The fourth-order valence-electron chi connectivity index (χ4n) is 1.66. The minimum absolute atomic E-state index is 0.0696. The smallest absolute Gasteiger partial charge is 0.319 e. The van der Waals surface area contributed by atoms with Crippen LogP contribution in [0.4, 0.5) is 16.2 Å². The summed E-state index contributed by atoms with van der Waals surface area (Å²) in [5, 5.41) is 5.55. The van der Waals surface area contributed by atoms with Crippen LogP contribution in [-0.2, 0) is 10.0 Å². The van der Waals surface area contributed by atoms with Gasteiger partial charge in [-0.15, -0.1) is 0 Å². The molecule has 6 nitrogen and oxygen atoms in total. The van der Waals surface area contributed by atoms with E-state index >= 15 is 0 Å². The SMILES string of the molecule is CCCS(=O)(=O)Nc1ccc(NC(=O)NC(C)C(C)C)cc1. The van der Waals surface area contributed by atoms with Crippen LogP contribution >= 0.6 is 0 Å². The van der Waals surface area contributed by atoms with Crippen molar-refractivity contribution in [2.24, 2.45) is 5.92 Å². The second-order valence-corrected chi connectivity index (χ2v) is 7.47. The van der Waals surface area contributed by atoms with E-state index in [2.05, 4.69) is 15.4 Å². The summed E-state index contributed by atoms with van der Waals surface area (Å²) in [6.07, 6.45) is 0.559. The third-order valence-electron chi connectivity index (χ3n) is 3.25. The third-order valence-corrected chi connectivity index (χ3v) is 4.74. The average Bonchev–Trinajstić information content (AvgIpc) is 2.40. The first-order valence-electron chi connectivity index (χ1n) is 7.41. The summed E-state index contributed by atoms with van der Waals surface area (Å²) in [4.78, 5) is 11.8. The molecule has 0 saturated heterocycles. The van der Waals surface area contributed by atoms with Crippen molar-refractivity contribution in [3.8, 4) is 0 Å². The molecule has 1 unspecified atom stereocenters. The monoisotopic (exact) mass is 327 g/mol. The molecule has 7 heteroatoms. The van der Waals surface area contributed by atoms with Crippen molar-refractivity contribution >= 4 is 27.4 Å². The summed E-state index contributed by atoms with van der Waals surface area (Å²) in [6, 6.07) is 6.34. The Morgan fingerprint density at radius 1 is 1.09 bits per heavy atom. The molecule has 0 bridgehead atoms. The molecule has 22 heavy (non-hydrogen) atoms. The van der Waals surface area contributed by atoms with Crippen LogP contribution in [0.5, 0.6) is 0 Å². The zero-order chi connectivity index (χ0) is 16.8. The van der Waals surface area contributed by atoms with E-state index in [4.69, 9.17) is 0 Å². The topological polar surface area (TPSA) is 87.3 Å². The molecule has 0 aliphatic heterocycles. The maximum absolute atomic E-state index is 11.8. The van der Waals surface area contributed by atoms with Gasteiger partial charge >= 0.3 is 6.03 Å². The van der Waals surface area contributed by atoms with Crippen LogP contribution in [-0.4, -0.2) is 26.2 Å². The lowest BCUT2D eigenvalue weighted by Crippen LogP contribution is -2.38. The van der Waals surface area contributed by atoms with Gasteiger partial charge < -0.3 is 10.6 Å². The molecule has 0 aliphatic carbocycles. The lowest BCUT2D eigenvalue weighted by atomic mass is 10.1. The number of urea groups is 1. The zero-order valence-corrected chi connectivity index (χ0v) is 14.3. The van der Waals surface area contributed by atoms with Gasteiger partial charge in [0.05, 0.1) is 5.75 Å². The van der Waals surface area contributed by atoms with Crippen molar-refractivity contribution in [2.45, 2.75) is 40.2 Å². The molecule has 0 aromatic heterocycles. The number of sulfonamides is 1. The summed E-state index contributed by atoms with van der Waals surface area (Å²) in [5.74, 6) is 0.434. The molecule has 124 valence electrons. The van der Waals surface area contributed by atoms with Crippen LogP contribution in [0.1, 0.15) is 34.1 Å². The maximum atomic E-state index is 11.8. The van der Waals surface area contributed by atoms with E-state index in [-0.39, 0.29) is 17.8 Å². The second-order valence-electron chi connectivity index (χ2n) is 5.63. The van der Waals surface area contributed by atoms with Gasteiger partial charge in [-0.05, 0) is 43.5 Å². The number of carbonyl (C=O) groups is 1. The number of rotatable bonds is 7. The van der Waals surface area contributed by atoms with Gasteiger partial charge in [0, 0.05) is 17.4 Å². The number of anilines is 2. The van der Waals surface area contributed by atoms with Crippen LogP contribution in [0.25, 0.3) is 0 Å². The van der Waals surface area contributed by atoms with Crippen molar-refractivity contribution < 1.29 is 13.2 Å². The maximum Gasteiger partial charge on any atom is 0.319 e. The minimum Gasteiger partial charge on any atom is -0.335 e. The highest BCUT2D eigenvalue weighted by atomic mass is 32.2. The molecule has 0 saturated carbocycles. The zero-order valence-electron chi connectivity index (χ0n) is 13.5. The van der Waals surface area contributed by atoms with E-state index in [1.165, 1.54) is 0 Å². The number of carbonyl (C=O) groups excluding carboxylic acids is 1. The average molecular weight is 327 g/mol. The van der Waals surface area contributed by atoms with Gasteiger partial charge in [-0.1, -0.05) is 20.8 Å². The van der Waals surface area contributed by atoms with Gasteiger partial charge in [-0.2, -0.15) is 0 Å². The van der Waals surface area contributed by atoms with E-state index in [0.29, 0.717) is 23.7 Å². The first kappa shape index (κ1) is 18.3. The Bertz CT molecular complexity index is 583. The van der Waals surface area contributed by atoms with E-state index in [1.54, 1.807) is 24.3 Å². The highest BCUT2D eigenvalue weighted by Gasteiger charge is 2.11. The molecule has 1 rings (SSSR count). The molecule has 0 spiro atoms.